The maximum Gasteiger partial charge on any atom is 0.335 e. The SMILES string of the molecule is Cc1ccc(S(=O)(=O)NCCN(C)C(C)C)cc1C(=O)O. The molecular weight excluding hydrogens is 292 g/mol. The van der Waals surface area contributed by atoms with Crippen LogP contribution in [0.4, 0.5) is 0 Å². The molecular formula is C14H22N2O4S. The monoisotopic (exact) mass is 314 g/mol. The number of carboxylic acids is 1. The number of carboxylic acid groups (broad SMARTS) is 1. The summed E-state index contributed by atoms with van der Waals surface area (Å²) in [7, 11) is -1.78. The van der Waals surface area contributed by atoms with Gasteiger partial charge in [0.2, 0.25) is 10.0 Å². The predicted molar refractivity (Wildman–Crippen MR) is 81.1 cm³/mol. The number of rotatable bonds is 7. The fourth-order valence-corrected chi connectivity index (χ4v) is 2.74. The summed E-state index contributed by atoms with van der Waals surface area (Å²) in [5.41, 5.74) is 0.526. The third-order valence-electron chi connectivity index (χ3n) is 3.39. The summed E-state index contributed by atoms with van der Waals surface area (Å²) in [5.74, 6) is -1.14. The summed E-state index contributed by atoms with van der Waals surface area (Å²) >= 11 is 0. The van der Waals surface area contributed by atoms with Gasteiger partial charge in [0, 0.05) is 19.1 Å². The van der Waals surface area contributed by atoms with E-state index in [9.17, 15) is 13.2 Å². The fraction of sp³-hybridized carbons (Fsp3) is 0.500. The van der Waals surface area contributed by atoms with E-state index in [0.29, 0.717) is 18.2 Å². The molecule has 2 N–H and O–H groups in total. The summed E-state index contributed by atoms with van der Waals surface area (Å²) in [4.78, 5) is 13.0. The Morgan fingerprint density at radius 2 is 2.00 bits per heavy atom. The number of nitrogens with one attached hydrogen (secondary N) is 1. The molecule has 0 amide bonds. The van der Waals surface area contributed by atoms with E-state index >= 15 is 0 Å². The van der Waals surface area contributed by atoms with E-state index in [4.69, 9.17) is 5.11 Å². The van der Waals surface area contributed by atoms with Crippen molar-refractivity contribution in [2.45, 2.75) is 31.7 Å². The summed E-state index contributed by atoms with van der Waals surface area (Å²) in [5, 5.41) is 9.04. The van der Waals surface area contributed by atoms with Gasteiger partial charge in [-0.3, -0.25) is 0 Å². The normalized spacial score (nSPS) is 12.1. The Morgan fingerprint density at radius 3 is 2.52 bits per heavy atom. The van der Waals surface area contributed by atoms with Crippen molar-refractivity contribution in [3.05, 3.63) is 29.3 Å². The first-order valence-corrected chi connectivity index (χ1v) is 8.17. The molecule has 6 nitrogen and oxygen atoms in total. The number of likely N-dealkylation sites (N-methyl/N-ethyl adjacent to an activating group) is 1. The molecule has 0 saturated carbocycles. The second kappa shape index (κ2) is 7.02. The molecule has 0 radical (unpaired) electrons. The van der Waals surface area contributed by atoms with Crippen LogP contribution in [0.1, 0.15) is 29.8 Å². The maximum atomic E-state index is 12.1. The van der Waals surface area contributed by atoms with E-state index in [2.05, 4.69) is 4.72 Å². The van der Waals surface area contributed by atoms with Crippen molar-refractivity contribution < 1.29 is 18.3 Å². The largest absolute Gasteiger partial charge is 0.478 e. The van der Waals surface area contributed by atoms with Crippen molar-refractivity contribution in [3.63, 3.8) is 0 Å². The van der Waals surface area contributed by atoms with Crippen molar-refractivity contribution in [2.75, 3.05) is 20.1 Å². The van der Waals surface area contributed by atoms with Crippen LogP contribution >= 0.6 is 0 Å². The van der Waals surface area contributed by atoms with Crippen LogP contribution in [-0.2, 0) is 10.0 Å². The molecule has 1 aromatic carbocycles. The van der Waals surface area contributed by atoms with Crippen molar-refractivity contribution in [1.29, 1.82) is 0 Å². The first-order chi connectivity index (χ1) is 9.65. The number of aryl methyl sites for hydroxylation is 1. The van der Waals surface area contributed by atoms with Crippen molar-refractivity contribution in [1.82, 2.24) is 9.62 Å². The third-order valence-corrected chi connectivity index (χ3v) is 4.85. The number of benzene rings is 1. The van der Waals surface area contributed by atoms with Crippen LogP contribution in [0.25, 0.3) is 0 Å². The molecule has 0 aliphatic heterocycles. The fourth-order valence-electron chi connectivity index (χ4n) is 1.70. The zero-order chi connectivity index (χ0) is 16.2. The summed E-state index contributed by atoms with van der Waals surface area (Å²) < 4.78 is 26.8. The molecule has 0 atom stereocenters. The number of aromatic carboxylic acids is 1. The Balaban J connectivity index is 2.84. The minimum absolute atomic E-state index is 0.00262. The molecule has 0 unspecified atom stereocenters. The van der Waals surface area contributed by atoms with Crippen LogP contribution in [0.15, 0.2) is 23.1 Å². The second-order valence-electron chi connectivity index (χ2n) is 5.25. The molecule has 0 aliphatic rings. The van der Waals surface area contributed by atoms with Gasteiger partial charge >= 0.3 is 5.97 Å². The molecule has 118 valence electrons. The van der Waals surface area contributed by atoms with Gasteiger partial charge < -0.3 is 10.0 Å². The number of sulfonamides is 1. The molecule has 0 aliphatic carbocycles. The minimum atomic E-state index is -3.69. The molecule has 0 saturated heterocycles. The highest BCUT2D eigenvalue weighted by Crippen LogP contribution is 2.15. The van der Waals surface area contributed by atoms with Gasteiger partial charge in [-0.15, -0.1) is 0 Å². The number of hydrogen-bond donors (Lipinski definition) is 2. The highest BCUT2D eigenvalue weighted by Gasteiger charge is 2.17. The number of carbonyl (C=O) groups is 1. The van der Waals surface area contributed by atoms with Crippen molar-refractivity contribution >= 4 is 16.0 Å². The lowest BCUT2D eigenvalue weighted by Crippen LogP contribution is -2.36. The van der Waals surface area contributed by atoms with Crippen molar-refractivity contribution in [3.8, 4) is 0 Å². The smallest absolute Gasteiger partial charge is 0.335 e. The first kappa shape index (κ1) is 17.6. The zero-order valence-corrected chi connectivity index (χ0v) is 13.6. The van der Waals surface area contributed by atoms with Gasteiger partial charge in [-0.25, -0.2) is 17.9 Å². The molecule has 0 bridgehead atoms. The number of nitrogens with zero attached hydrogens (tertiary/aromatic N) is 1. The quantitative estimate of drug-likeness (QED) is 0.792. The van der Waals surface area contributed by atoms with Gasteiger partial charge in [0.15, 0.2) is 0 Å². The zero-order valence-electron chi connectivity index (χ0n) is 12.8. The Bertz CT molecular complexity index is 611. The van der Waals surface area contributed by atoms with E-state index in [0.717, 1.165) is 0 Å². The van der Waals surface area contributed by atoms with Crippen LogP contribution in [-0.4, -0.2) is 50.6 Å². The van der Waals surface area contributed by atoms with Gasteiger partial charge in [-0.05, 0) is 45.5 Å². The maximum absolute atomic E-state index is 12.1. The molecule has 0 aromatic heterocycles. The lowest BCUT2D eigenvalue weighted by molar-refractivity contribution is 0.0696. The van der Waals surface area contributed by atoms with E-state index in [1.807, 2.05) is 25.8 Å². The topological polar surface area (TPSA) is 86.7 Å². The van der Waals surface area contributed by atoms with Gasteiger partial charge in [-0.2, -0.15) is 0 Å². The van der Waals surface area contributed by atoms with Gasteiger partial charge in [0.05, 0.1) is 10.5 Å². The average molecular weight is 314 g/mol. The van der Waals surface area contributed by atoms with Gasteiger partial charge in [0.25, 0.3) is 0 Å². The molecule has 7 heteroatoms. The van der Waals surface area contributed by atoms with Gasteiger partial charge in [-0.1, -0.05) is 6.07 Å². The van der Waals surface area contributed by atoms with E-state index < -0.39 is 16.0 Å². The average Bonchev–Trinajstić information content (AvgIpc) is 2.38. The second-order valence-corrected chi connectivity index (χ2v) is 7.02. The van der Waals surface area contributed by atoms with E-state index in [1.165, 1.54) is 18.2 Å². The molecule has 21 heavy (non-hydrogen) atoms. The molecule has 1 rings (SSSR count). The Labute approximate surface area is 125 Å². The Hall–Kier alpha value is -1.44. The Morgan fingerprint density at radius 1 is 1.38 bits per heavy atom. The summed E-state index contributed by atoms with van der Waals surface area (Å²) in [6.45, 7) is 6.52. The molecule has 0 spiro atoms. The standard InChI is InChI=1S/C14H22N2O4S/c1-10(2)16(4)8-7-15-21(19,20)12-6-5-11(3)13(9-12)14(17)18/h5-6,9-10,15H,7-8H2,1-4H3,(H,17,18). The molecule has 1 aromatic rings. The summed E-state index contributed by atoms with van der Waals surface area (Å²) in [6, 6.07) is 4.42. The van der Waals surface area contributed by atoms with E-state index in [-0.39, 0.29) is 17.0 Å². The van der Waals surface area contributed by atoms with Crippen LogP contribution in [0.3, 0.4) is 0 Å². The van der Waals surface area contributed by atoms with Crippen LogP contribution in [0.5, 0.6) is 0 Å². The first-order valence-electron chi connectivity index (χ1n) is 6.69. The predicted octanol–water partition coefficient (Wildman–Crippen LogP) is 1.31. The minimum Gasteiger partial charge on any atom is -0.478 e. The van der Waals surface area contributed by atoms with Crippen molar-refractivity contribution in [2.24, 2.45) is 0 Å². The lowest BCUT2D eigenvalue weighted by Gasteiger charge is -2.20. The number of hydrogen-bond acceptors (Lipinski definition) is 4. The Kier molecular flexibility index (Phi) is 5.88. The highest BCUT2D eigenvalue weighted by atomic mass is 32.2. The van der Waals surface area contributed by atoms with Crippen LogP contribution in [0.2, 0.25) is 0 Å². The van der Waals surface area contributed by atoms with Crippen LogP contribution < -0.4 is 4.72 Å². The molecule has 0 fully saturated rings. The highest BCUT2D eigenvalue weighted by molar-refractivity contribution is 7.89. The lowest BCUT2D eigenvalue weighted by atomic mass is 10.1. The summed E-state index contributed by atoms with van der Waals surface area (Å²) in [6.07, 6.45) is 0. The molecule has 0 heterocycles. The van der Waals surface area contributed by atoms with Crippen LogP contribution in [0, 0.1) is 6.92 Å². The van der Waals surface area contributed by atoms with Gasteiger partial charge in [0.1, 0.15) is 0 Å². The third kappa shape index (κ3) is 4.80. The van der Waals surface area contributed by atoms with E-state index in [1.54, 1.807) is 6.92 Å².